The van der Waals surface area contributed by atoms with Crippen molar-refractivity contribution in [2.24, 2.45) is 12.8 Å². The van der Waals surface area contributed by atoms with E-state index in [-0.39, 0.29) is 54.1 Å². The number of carbonyl (C=O) groups excluding carboxylic acids is 2. The number of furan rings is 1. The van der Waals surface area contributed by atoms with E-state index in [1.807, 2.05) is 0 Å². The van der Waals surface area contributed by atoms with E-state index >= 15 is 0 Å². The number of benzene rings is 1. The largest absolute Gasteiger partial charge is 0.438 e. The summed E-state index contributed by atoms with van der Waals surface area (Å²) in [4.78, 5) is 38.1. The molecule has 2 amide bonds. The molecule has 11 heteroatoms. The number of rotatable bonds is 4. The predicted molar refractivity (Wildman–Crippen MR) is 111 cm³/mol. The summed E-state index contributed by atoms with van der Waals surface area (Å²) < 4.78 is 33.2. The normalized spacial score (nSPS) is 15.3. The van der Waals surface area contributed by atoms with Crippen LogP contribution in [0.2, 0.25) is 0 Å². The Morgan fingerprint density at radius 1 is 1.03 bits per heavy atom. The van der Waals surface area contributed by atoms with Gasteiger partial charge < -0.3 is 19.6 Å². The first-order valence-electron chi connectivity index (χ1n) is 9.48. The fourth-order valence-corrected chi connectivity index (χ4v) is 4.94. The fourth-order valence-electron chi connectivity index (χ4n) is 3.61. The van der Waals surface area contributed by atoms with E-state index in [1.165, 1.54) is 32.0 Å². The highest BCUT2D eigenvalue weighted by atomic mass is 32.2. The van der Waals surface area contributed by atoms with E-state index in [9.17, 15) is 22.8 Å². The molecule has 2 aromatic heterocycles. The van der Waals surface area contributed by atoms with Crippen molar-refractivity contribution in [3.63, 3.8) is 0 Å². The number of amides is 2. The molecule has 0 spiro atoms. The van der Waals surface area contributed by atoms with Gasteiger partial charge in [0.05, 0.1) is 11.1 Å². The van der Waals surface area contributed by atoms with Gasteiger partial charge in [-0.3, -0.25) is 14.4 Å². The molecule has 3 heterocycles. The molecule has 2 N–H and O–H groups in total. The summed E-state index contributed by atoms with van der Waals surface area (Å²) in [5.41, 5.74) is 5.73. The highest BCUT2D eigenvalue weighted by Gasteiger charge is 2.33. The number of carbonyl (C=O) groups is 2. The quantitative estimate of drug-likeness (QED) is 0.618. The molecule has 0 atom stereocenters. The first-order valence-corrected chi connectivity index (χ1v) is 10.9. The number of pyridine rings is 1. The van der Waals surface area contributed by atoms with Crippen molar-refractivity contribution in [2.75, 3.05) is 26.2 Å². The average molecular weight is 444 g/mol. The molecule has 0 unspecified atom stereocenters. The molecule has 0 saturated carbocycles. The molecule has 1 aliphatic rings. The van der Waals surface area contributed by atoms with Crippen molar-refractivity contribution in [1.29, 1.82) is 0 Å². The maximum atomic E-state index is 13.1. The molecular weight excluding hydrogens is 424 g/mol. The van der Waals surface area contributed by atoms with E-state index in [4.69, 9.17) is 10.2 Å². The van der Waals surface area contributed by atoms with Crippen LogP contribution >= 0.6 is 0 Å². The molecular formula is C20H20N4O6S. The fraction of sp³-hybridized carbons (Fsp3) is 0.250. The lowest BCUT2D eigenvalue weighted by molar-refractivity contribution is 0.0698. The number of sulfonamides is 1. The smallest absolute Gasteiger partial charge is 0.284 e. The van der Waals surface area contributed by atoms with E-state index in [0.717, 1.165) is 0 Å². The summed E-state index contributed by atoms with van der Waals surface area (Å²) in [6.07, 6.45) is 0. The van der Waals surface area contributed by atoms with E-state index in [1.54, 1.807) is 31.3 Å². The predicted octanol–water partition coefficient (Wildman–Crippen LogP) is 0.377. The van der Waals surface area contributed by atoms with Gasteiger partial charge in [-0.1, -0.05) is 18.2 Å². The van der Waals surface area contributed by atoms with Crippen LogP contribution in [0, 0.1) is 0 Å². The Labute approximate surface area is 177 Å². The number of primary amides is 1. The molecule has 162 valence electrons. The topological polar surface area (TPSA) is 136 Å². The third-order valence-electron chi connectivity index (χ3n) is 5.33. The Kier molecular flexibility index (Phi) is 5.15. The monoisotopic (exact) mass is 444 g/mol. The number of hydrogen-bond acceptors (Lipinski definition) is 6. The number of nitrogens with zero attached hydrogens (tertiary/aromatic N) is 3. The first kappa shape index (κ1) is 20.8. The standard InChI is InChI=1S/C20H20N4O6S/c1-22-15-5-3-2-4-13(15)14(12-17(22)25)20(27)23-8-10-24(11-9-23)31(28,29)18-7-6-16(30-18)19(21)26/h2-7,12H,8-11H2,1H3,(H2,21,26). The van der Waals surface area contributed by atoms with Crippen LogP contribution in [-0.4, -0.2) is 60.2 Å². The lowest BCUT2D eigenvalue weighted by Gasteiger charge is -2.33. The Bertz CT molecular complexity index is 1350. The van der Waals surface area contributed by atoms with Crippen LogP contribution in [0.4, 0.5) is 0 Å². The number of aryl methyl sites for hydroxylation is 1. The van der Waals surface area contributed by atoms with E-state index in [2.05, 4.69) is 0 Å². The Morgan fingerprint density at radius 2 is 1.71 bits per heavy atom. The Balaban J connectivity index is 1.55. The van der Waals surface area contributed by atoms with Crippen LogP contribution in [-0.2, 0) is 17.1 Å². The minimum atomic E-state index is -3.97. The Hall–Kier alpha value is -3.44. The molecule has 10 nitrogen and oxygen atoms in total. The van der Waals surface area contributed by atoms with Gasteiger partial charge in [-0.2, -0.15) is 4.31 Å². The number of piperazine rings is 1. The summed E-state index contributed by atoms with van der Waals surface area (Å²) in [6, 6.07) is 10.8. The van der Waals surface area contributed by atoms with Crippen LogP contribution in [0.1, 0.15) is 20.9 Å². The summed E-state index contributed by atoms with van der Waals surface area (Å²) in [7, 11) is -2.33. The van der Waals surface area contributed by atoms with Crippen molar-refractivity contribution in [3.8, 4) is 0 Å². The lowest BCUT2D eigenvalue weighted by Crippen LogP contribution is -2.50. The number of fused-ring (bicyclic) bond motifs is 1. The van der Waals surface area contributed by atoms with Crippen LogP contribution in [0.25, 0.3) is 10.9 Å². The van der Waals surface area contributed by atoms with Gasteiger partial charge in [-0.05, 0) is 18.2 Å². The lowest BCUT2D eigenvalue weighted by atomic mass is 10.1. The summed E-state index contributed by atoms with van der Waals surface area (Å²) >= 11 is 0. The van der Waals surface area contributed by atoms with Crippen LogP contribution in [0.3, 0.4) is 0 Å². The van der Waals surface area contributed by atoms with Crippen molar-refractivity contribution >= 4 is 32.7 Å². The average Bonchev–Trinajstić information content (AvgIpc) is 3.28. The van der Waals surface area contributed by atoms with Crippen molar-refractivity contribution in [1.82, 2.24) is 13.8 Å². The second-order valence-corrected chi connectivity index (χ2v) is 9.02. The van der Waals surface area contributed by atoms with E-state index < -0.39 is 15.9 Å². The molecule has 1 aromatic carbocycles. The van der Waals surface area contributed by atoms with Gasteiger partial charge in [0, 0.05) is 44.7 Å². The molecule has 0 bridgehead atoms. The number of para-hydroxylation sites is 1. The molecule has 1 saturated heterocycles. The second-order valence-electron chi connectivity index (χ2n) is 7.15. The minimum absolute atomic E-state index is 0.0451. The second kappa shape index (κ2) is 7.67. The zero-order valence-corrected chi connectivity index (χ0v) is 17.5. The number of aromatic nitrogens is 1. The molecule has 1 fully saturated rings. The molecule has 0 aliphatic carbocycles. The van der Waals surface area contributed by atoms with Crippen LogP contribution in [0.5, 0.6) is 0 Å². The number of hydrogen-bond donors (Lipinski definition) is 1. The molecule has 3 aromatic rings. The van der Waals surface area contributed by atoms with Gasteiger partial charge in [0.2, 0.25) is 5.09 Å². The zero-order chi connectivity index (χ0) is 22.3. The molecule has 0 radical (unpaired) electrons. The molecule has 1 aliphatic heterocycles. The van der Waals surface area contributed by atoms with Gasteiger partial charge in [0.25, 0.3) is 27.4 Å². The third-order valence-corrected chi connectivity index (χ3v) is 7.10. The van der Waals surface area contributed by atoms with Crippen LogP contribution in [0.15, 0.2) is 56.8 Å². The van der Waals surface area contributed by atoms with Crippen molar-refractivity contribution in [3.05, 3.63) is 64.1 Å². The minimum Gasteiger partial charge on any atom is -0.438 e. The SMILES string of the molecule is Cn1c(=O)cc(C(=O)N2CCN(S(=O)(=O)c3ccc(C(N)=O)o3)CC2)c2ccccc21. The van der Waals surface area contributed by atoms with E-state index in [0.29, 0.717) is 10.9 Å². The zero-order valence-electron chi connectivity index (χ0n) is 16.6. The Morgan fingerprint density at radius 3 is 2.35 bits per heavy atom. The summed E-state index contributed by atoms with van der Waals surface area (Å²) in [6.45, 7) is 0.378. The number of nitrogens with two attached hydrogens (primary N) is 1. The third kappa shape index (κ3) is 3.62. The summed E-state index contributed by atoms with van der Waals surface area (Å²) in [5, 5.41) is 0.276. The first-order chi connectivity index (χ1) is 14.7. The van der Waals surface area contributed by atoms with Crippen LogP contribution < -0.4 is 11.3 Å². The molecule has 4 rings (SSSR count). The van der Waals surface area contributed by atoms with Crippen molar-refractivity contribution < 1.29 is 22.4 Å². The van der Waals surface area contributed by atoms with Gasteiger partial charge >= 0.3 is 0 Å². The maximum Gasteiger partial charge on any atom is 0.284 e. The highest BCUT2D eigenvalue weighted by molar-refractivity contribution is 7.89. The maximum absolute atomic E-state index is 13.1. The summed E-state index contributed by atoms with van der Waals surface area (Å²) in [5.74, 6) is -1.44. The molecule has 31 heavy (non-hydrogen) atoms. The van der Waals surface area contributed by atoms with Crippen molar-refractivity contribution in [2.45, 2.75) is 5.09 Å². The van der Waals surface area contributed by atoms with Gasteiger partial charge in [0.15, 0.2) is 5.76 Å². The highest BCUT2D eigenvalue weighted by Crippen LogP contribution is 2.22. The van der Waals surface area contributed by atoms with Gasteiger partial charge in [-0.15, -0.1) is 0 Å². The van der Waals surface area contributed by atoms with Gasteiger partial charge in [0.1, 0.15) is 0 Å². The van der Waals surface area contributed by atoms with Gasteiger partial charge in [-0.25, -0.2) is 8.42 Å².